The number of carboxylic acid groups (broad SMARTS) is 1. The van der Waals surface area contributed by atoms with Crippen LogP contribution in [-0.2, 0) is 18.3 Å². The van der Waals surface area contributed by atoms with Crippen LogP contribution < -0.4 is 0 Å². The zero-order valence-corrected chi connectivity index (χ0v) is 13.4. The summed E-state index contributed by atoms with van der Waals surface area (Å²) in [5.41, 5.74) is 2.91. The SMILES string of the molecule is CCc1nn(C)c2c1nc(SCC(=O)O)n2C(C)C1CC1. The number of aryl methyl sites for hydroxylation is 2. The van der Waals surface area contributed by atoms with E-state index in [1.54, 1.807) is 0 Å². The highest BCUT2D eigenvalue weighted by Gasteiger charge is 2.33. The standard InChI is InChI=1S/C14H20N4O2S/c1-4-10-12-13(17(3)16-10)18(8(2)9-5-6-9)14(15-12)21-7-11(19)20/h8-9H,4-7H2,1-3H3,(H,19,20). The quantitative estimate of drug-likeness (QED) is 0.830. The highest BCUT2D eigenvalue weighted by atomic mass is 32.2. The van der Waals surface area contributed by atoms with Crippen LogP contribution in [-0.4, -0.2) is 36.2 Å². The zero-order chi connectivity index (χ0) is 15.1. The molecule has 2 heterocycles. The van der Waals surface area contributed by atoms with Gasteiger partial charge in [-0.3, -0.25) is 9.48 Å². The molecule has 0 radical (unpaired) electrons. The first kappa shape index (κ1) is 14.4. The van der Waals surface area contributed by atoms with E-state index in [9.17, 15) is 4.79 Å². The summed E-state index contributed by atoms with van der Waals surface area (Å²) in [6.07, 6.45) is 3.31. The average Bonchev–Trinajstić information content (AvgIpc) is 3.15. The van der Waals surface area contributed by atoms with Gasteiger partial charge in [0.2, 0.25) is 0 Å². The van der Waals surface area contributed by atoms with E-state index in [0.717, 1.165) is 28.4 Å². The number of fused-ring (bicyclic) bond motifs is 1. The number of hydrogen-bond acceptors (Lipinski definition) is 4. The highest BCUT2D eigenvalue weighted by Crippen LogP contribution is 2.42. The van der Waals surface area contributed by atoms with Crippen LogP contribution in [0, 0.1) is 5.92 Å². The van der Waals surface area contributed by atoms with Crippen LogP contribution in [0.25, 0.3) is 11.2 Å². The summed E-state index contributed by atoms with van der Waals surface area (Å²) in [4.78, 5) is 15.6. The molecule has 2 aromatic heterocycles. The first-order valence-corrected chi connectivity index (χ1v) is 8.29. The van der Waals surface area contributed by atoms with Gasteiger partial charge in [0.05, 0.1) is 11.4 Å². The number of nitrogens with zero attached hydrogens (tertiary/aromatic N) is 4. The second-order valence-corrected chi connectivity index (χ2v) is 6.56. The van der Waals surface area contributed by atoms with Gasteiger partial charge in [0.1, 0.15) is 5.52 Å². The minimum Gasteiger partial charge on any atom is -0.481 e. The van der Waals surface area contributed by atoms with Gasteiger partial charge >= 0.3 is 5.97 Å². The molecule has 1 aliphatic carbocycles. The number of carbonyl (C=O) groups is 1. The van der Waals surface area contributed by atoms with E-state index in [1.807, 2.05) is 11.7 Å². The van der Waals surface area contributed by atoms with Crippen molar-refractivity contribution in [1.29, 1.82) is 0 Å². The van der Waals surface area contributed by atoms with Gasteiger partial charge in [0, 0.05) is 13.1 Å². The number of rotatable bonds is 6. The fourth-order valence-electron chi connectivity index (χ4n) is 2.81. The van der Waals surface area contributed by atoms with E-state index in [1.165, 1.54) is 24.6 Å². The summed E-state index contributed by atoms with van der Waals surface area (Å²) in [6.45, 7) is 4.26. The van der Waals surface area contributed by atoms with E-state index < -0.39 is 5.97 Å². The number of hydrogen-bond donors (Lipinski definition) is 1. The zero-order valence-electron chi connectivity index (χ0n) is 12.5. The van der Waals surface area contributed by atoms with Crippen LogP contribution >= 0.6 is 11.8 Å². The Morgan fingerprint density at radius 2 is 2.24 bits per heavy atom. The highest BCUT2D eigenvalue weighted by molar-refractivity contribution is 7.99. The summed E-state index contributed by atoms with van der Waals surface area (Å²) in [6, 6.07) is 0.339. The number of imidazole rings is 1. The molecule has 3 rings (SSSR count). The Kier molecular flexibility index (Phi) is 3.69. The summed E-state index contributed by atoms with van der Waals surface area (Å²) in [7, 11) is 1.94. The van der Waals surface area contributed by atoms with Crippen LogP contribution in [0.4, 0.5) is 0 Å². The molecular formula is C14H20N4O2S. The van der Waals surface area contributed by atoms with Crippen molar-refractivity contribution < 1.29 is 9.90 Å². The fraction of sp³-hybridized carbons (Fsp3) is 0.643. The van der Waals surface area contributed by atoms with Crippen LogP contribution in [0.2, 0.25) is 0 Å². The molecule has 0 amide bonds. The first-order chi connectivity index (χ1) is 10.0. The predicted molar refractivity (Wildman–Crippen MR) is 81.7 cm³/mol. The van der Waals surface area contributed by atoms with Gasteiger partial charge in [0.25, 0.3) is 0 Å². The van der Waals surface area contributed by atoms with Gasteiger partial charge < -0.3 is 9.67 Å². The smallest absolute Gasteiger partial charge is 0.313 e. The molecule has 2 aromatic rings. The molecule has 1 saturated carbocycles. The Hall–Kier alpha value is -1.50. The molecule has 1 fully saturated rings. The Balaban J connectivity index is 2.10. The number of aromatic nitrogens is 4. The Labute approximate surface area is 127 Å². The fourth-order valence-corrected chi connectivity index (χ4v) is 3.61. The van der Waals surface area contributed by atoms with Crippen molar-refractivity contribution in [2.75, 3.05) is 5.75 Å². The van der Waals surface area contributed by atoms with Gasteiger partial charge in [0.15, 0.2) is 10.8 Å². The molecule has 21 heavy (non-hydrogen) atoms. The summed E-state index contributed by atoms with van der Waals surface area (Å²) < 4.78 is 4.07. The third-order valence-electron chi connectivity index (χ3n) is 4.08. The van der Waals surface area contributed by atoms with Crippen LogP contribution in [0.3, 0.4) is 0 Å². The van der Waals surface area contributed by atoms with Gasteiger partial charge in [-0.15, -0.1) is 0 Å². The molecule has 0 spiro atoms. The molecule has 1 aliphatic rings. The van der Waals surface area contributed by atoms with Crippen molar-refractivity contribution in [1.82, 2.24) is 19.3 Å². The normalized spacial score (nSPS) is 16.5. The molecule has 0 aromatic carbocycles. The number of aliphatic carboxylic acids is 1. The van der Waals surface area contributed by atoms with Gasteiger partial charge in [-0.1, -0.05) is 18.7 Å². The Morgan fingerprint density at radius 3 is 2.81 bits per heavy atom. The first-order valence-electron chi connectivity index (χ1n) is 7.31. The maximum atomic E-state index is 10.9. The molecule has 0 saturated heterocycles. The number of thioether (sulfide) groups is 1. The van der Waals surface area contributed by atoms with E-state index in [2.05, 4.69) is 28.5 Å². The van der Waals surface area contributed by atoms with E-state index >= 15 is 0 Å². The summed E-state index contributed by atoms with van der Waals surface area (Å²) >= 11 is 1.30. The molecule has 114 valence electrons. The molecular weight excluding hydrogens is 288 g/mol. The lowest BCUT2D eigenvalue weighted by atomic mass is 10.2. The minimum absolute atomic E-state index is 0.0373. The van der Waals surface area contributed by atoms with Crippen LogP contribution in [0.15, 0.2) is 5.16 Å². The van der Waals surface area contributed by atoms with E-state index in [-0.39, 0.29) is 5.75 Å². The van der Waals surface area contributed by atoms with Crippen molar-refractivity contribution in [2.24, 2.45) is 13.0 Å². The van der Waals surface area contributed by atoms with Crippen molar-refractivity contribution in [3.63, 3.8) is 0 Å². The van der Waals surface area contributed by atoms with Crippen molar-refractivity contribution >= 4 is 28.9 Å². The monoisotopic (exact) mass is 308 g/mol. The van der Waals surface area contributed by atoms with Gasteiger partial charge in [-0.05, 0) is 32.1 Å². The van der Waals surface area contributed by atoms with Gasteiger partial charge in [-0.2, -0.15) is 5.10 Å². The topological polar surface area (TPSA) is 72.9 Å². The molecule has 7 heteroatoms. The average molecular weight is 308 g/mol. The summed E-state index contributed by atoms with van der Waals surface area (Å²) in [5, 5.41) is 14.3. The third kappa shape index (κ3) is 2.54. The Bertz CT molecular complexity index is 687. The van der Waals surface area contributed by atoms with Gasteiger partial charge in [-0.25, -0.2) is 4.98 Å². The summed E-state index contributed by atoms with van der Waals surface area (Å²) in [5.74, 6) is -0.103. The lowest BCUT2D eigenvalue weighted by molar-refractivity contribution is -0.133. The van der Waals surface area contributed by atoms with Crippen LogP contribution in [0.5, 0.6) is 0 Å². The lowest BCUT2D eigenvalue weighted by Crippen LogP contribution is -2.12. The molecule has 1 unspecified atom stereocenters. The minimum atomic E-state index is -0.813. The molecule has 1 N–H and O–H groups in total. The van der Waals surface area contributed by atoms with E-state index in [0.29, 0.717) is 12.0 Å². The van der Waals surface area contributed by atoms with Crippen molar-refractivity contribution in [3.05, 3.63) is 5.69 Å². The lowest BCUT2D eigenvalue weighted by Gasteiger charge is -2.16. The maximum Gasteiger partial charge on any atom is 0.313 e. The van der Waals surface area contributed by atoms with Crippen molar-refractivity contribution in [3.8, 4) is 0 Å². The van der Waals surface area contributed by atoms with Crippen molar-refractivity contribution in [2.45, 2.75) is 44.3 Å². The Morgan fingerprint density at radius 1 is 1.52 bits per heavy atom. The molecule has 6 nitrogen and oxygen atoms in total. The molecule has 1 atom stereocenters. The third-order valence-corrected chi connectivity index (χ3v) is 5.01. The number of carboxylic acids is 1. The molecule has 0 aliphatic heterocycles. The second-order valence-electron chi connectivity index (χ2n) is 5.62. The molecule has 0 bridgehead atoms. The second kappa shape index (κ2) is 5.36. The largest absolute Gasteiger partial charge is 0.481 e. The van der Waals surface area contributed by atoms with Crippen LogP contribution in [0.1, 0.15) is 38.4 Å². The predicted octanol–water partition coefficient (Wildman–Crippen LogP) is 2.48. The maximum absolute atomic E-state index is 10.9. The van der Waals surface area contributed by atoms with E-state index in [4.69, 9.17) is 5.11 Å².